The lowest BCUT2D eigenvalue weighted by Gasteiger charge is -2.22. The van der Waals surface area contributed by atoms with Crippen molar-refractivity contribution in [3.8, 4) is 5.69 Å². The average Bonchev–Trinajstić information content (AvgIpc) is 2.94. The molecule has 2 aromatic heterocycles. The molecule has 7 heteroatoms. The van der Waals surface area contributed by atoms with Crippen molar-refractivity contribution in [1.82, 2.24) is 19.4 Å². The Morgan fingerprint density at radius 1 is 0.903 bits per heavy atom. The summed E-state index contributed by atoms with van der Waals surface area (Å²) in [6.45, 7) is 5.93. The third kappa shape index (κ3) is 4.21. The second-order valence-corrected chi connectivity index (χ2v) is 7.77. The predicted octanol–water partition coefficient (Wildman–Crippen LogP) is 3.62. The molecule has 1 saturated heterocycles. The van der Waals surface area contributed by atoms with Crippen LogP contribution in [0, 0.1) is 19.7 Å². The van der Waals surface area contributed by atoms with E-state index in [9.17, 15) is 14.0 Å². The minimum Gasteiger partial charge on any atom is -0.337 e. The number of rotatable bonds is 3. The molecular weight excluding hydrogens is 395 g/mol. The number of halogens is 1. The SMILES string of the molecule is Cc1cc(C(=O)N2CCCN(C(=O)c3ccncc3)CC2)c(C)n1-c1cccc(F)c1. The number of benzene rings is 1. The van der Waals surface area contributed by atoms with E-state index in [0.29, 0.717) is 49.4 Å². The summed E-state index contributed by atoms with van der Waals surface area (Å²) in [5.41, 5.74) is 3.56. The van der Waals surface area contributed by atoms with Gasteiger partial charge in [-0.3, -0.25) is 14.6 Å². The Bertz CT molecular complexity index is 1110. The van der Waals surface area contributed by atoms with Gasteiger partial charge in [-0.2, -0.15) is 0 Å². The van der Waals surface area contributed by atoms with Crippen LogP contribution in [-0.4, -0.2) is 57.3 Å². The van der Waals surface area contributed by atoms with Crippen LogP contribution >= 0.6 is 0 Å². The van der Waals surface area contributed by atoms with Gasteiger partial charge in [-0.15, -0.1) is 0 Å². The molecule has 1 aliphatic rings. The lowest BCUT2D eigenvalue weighted by molar-refractivity contribution is 0.0718. The van der Waals surface area contributed by atoms with E-state index >= 15 is 0 Å². The van der Waals surface area contributed by atoms with E-state index in [2.05, 4.69) is 4.98 Å². The Morgan fingerprint density at radius 2 is 1.58 bits per heavy atom. The maximum absolute atomic E-state index is 13.7. The summed E-state index contributed by atoms with van der Waals surface area (Å²) < 4.78 is 15.6. The molecule has 160 valence electrons. The topological polar surface area (TPSA) is 58.4 Å². The van der Waals surface area contributed by atoms with Gasteiger partial charge < -0.3 is 14.4 Å². The number of aryl methyl sites for hydroxylation is 1. The zero-order chi connectivity index (χ0) is 22.0. The van der Waals surface area contributed by atoms with Crippen LogP contribution < -0.4 is 0 Å². The monoisotopic (exact) mass is 420 g/mol. The first-order valence-corrected chi connectivity index (χ1v) is 10.4. The zero-order valence-electron chi connectivity index (χ0n) is 17.7. The normalized spacial score (nSPS) is 14.4. The first-order valence-electron chi connectivity index (χ1n) is 10.4. The van der Waals surface area contributed by atoms with Crippen molar-refractivity contribution in [2.75, 3.05) is 26.2 Å². The second-order valence-electron chi connectivity index (χ2n) is 7.77. The van der Waals surface area contributed by atoms with Crippen molar-refractivity contribution in [2.24, 2.45) is 0 Å². The molecule has 0 spiro atoms. The number of hydrogen-bond donors (Lipinski definition) is 0. The average molecular weight is 420 g/mol. The van der Waals surface area contributed by atoms with Crippen LogP contribution in [0.4, 0.5) is 4.39 Å². The number of carbonyl (C=O) groups is 2. The molecule has 2 amide bonds. The van der Waals surface area contributed by atoms with E-state index in [4.69, 9.17) is 0 Å². The van der Waals surface area contributed by atoms with E-state index < -0.39 is 0 Å². The van der Waals surface area contributed by atoms with Crippen LogP contribution in [0.5, 0.6) is 0 Å². The van der Waals surface area contributed by atoms with Gasteiger partial charge >= 0.3 is 0 Å². The van der Waals surface area contributed by atoms with Crippen LogP contribution in [0.1, 0.15) is 38.5 Å². The molecule has 3 heterocycles. The third-order valence-corrected chi connectivity index (χ3v) is 5.73. The molecule has 0 atom stereocenters. The number of nitrogens with zero attached hydrogens (tertiary/aromatic N) is 4. The van der Waals surface area contributed by atoms with Crippen molar-refractivity contribution in [3.63, 3.8) is 0 Å². The van der Waals surface area contributed by atoms with Gasteiger partial charge in [0.2, 0.25) is 0 Å². The Morgan fingerprint density at radius 3 is 2.26 bits per heavy atom. The molecule has 31 heavy (non-hydrogen) atoms. The second kappa shape index (κ2) is 8.71. The molecule has 0 unspecified atom stereocenters. The maximum atomic E-state index is 13.7. The summed E-state index contributed by atoms with van der Waals surface area (Å²) in [4.78, 5) is 33.6. The Kier molecular flexibility index (Phi) is 5.84. The van der Waals surface area contributed by atoms with Gasteiger partial charge in [0.1, 0.15) is 5.82 Å². The molecule has 0 aliphatic carbocycles. The molecule has 6 nitrogen and oxygen atoms in total. The molecule has 3 aromatic rings. The van der Waals surface area contributed by atoms with Crippen LogP contribution in [0.3, 0.4) is 0 Å². The maximum Gasteiger partial charge on any atom is 0.255 e. The number of carbonyl (C=O) groups excluding carboxylic acids is 2. The van der Waals surface area contributed by atoms with Gasteiger partial charge in [0.05, 0.1) is 5.56 Å². The summed E-state index contributed by atoms with van der Waals surface area (Å²) in [6.07, 6.45) is 3.93. The summed E-state index contributed by atoms with van der Waals surface area (Å²) in [7, 11) is 0. The fourth-order valence-corrected chi connectivity index (χ4v) is 4.16. The first kappa shape index (κ1) is 20.8. The molecule has 0 radical (unpaired) electrons. The van der Waals surface area contributed by atoms with Gasteiger partial charge in [-0.1, -0.05) is 6.07 Å². The van der Waals surface area contributed by atoms with E-state index in [-0.39, 0.29) is 17.6 Å². The van der Waals surface area contributed by atoms with Crippen LogP contribution in [-0.2, 0) is 0 Å². The standard InChI is InChI=1S/C24H25FN4O2/c1-17-15-22(18(2)29(17)21-6-3-5-20(25)16-21)24(31)28-12-4-11-27(13-14-28)23(30)19-7-9-26-10-8-19/h3,5-10,15-16H,4,11-14H2,1-2H3. The van der Waals surface area contributed by atoms with Crippen LogP contribution in [0.2, 0.25) is 0 Å². The van der Waals surface area contributed by atoms with Crippen molar-refractivity contribution in [3.05, 3.63) is 83.2 Å². The molecule has 0 saturated carbocycles. The van der Waals surface area contributed by atoms with Crippen molar-refractivity contribution >= 4 is 11.8 Å². The minimum absolute atomic E-state index is 0.0408. The first-order chi connectivity index (χ1) is 15.0. The van der Waals surface area contributed by atoms with E-state index in [1.807, 2.05) is 30.5 Å². The molecule has 1 fully saturated rings. The number of pyridine rings is 1. The minimum atomic E-state index is -0.315. The summed E-state index contributed by atoms with van der Waals surface area (Å²) in [5.74, 6) is -0.417. The molecule has 1 aromatic carbocycles. The highest BCUT2D eigenvalue weighted by atomic mass is 19.1. The highest BCUT2D eigenvalue weighted by Gasteiger charge is 2.26. The lowest BCUT2D eigenvalue weighted by atomic mass is 10.2. The lowest BCUT2D eigenvalue weighted by Crippen LogP contribution is -2.37. The molecule has 4 rings (SSSR count). The van der Waals surface area contributed by atoms with Gasteiger partial charge in [0, 0.05) is 61.2 Å². The van der Waals surface area contributed by atoms with Gasteiger partial charge in [-0.05, 0) is 56.7 Å². The van der Waals surface area contributed by atoms with Gasteiger partial charge in [-0.25, -0.2) is 4.39 Å². The molecule has 0 bridgehead atoms. The summed E-state index contributed by atoms with van der Waals surface area (Å²) in [6, 6.07) is 11.6. The van der Waals surface area contributed by atoms with E-state index in [1.54, 1.807) is 40.4 Å². The van der Waals surface area contributed by atoms with Crippen molar-refractivity contribution < 1.29 is 14.0 Å². The fourth-order valence-electron chi connectivity index (χ4n) is 4.16. The largest absolute Gasteiger partial charge is 0.337 e. The van der Waals surface area contributed by atoms with Crippen LogP contribution in [0.25, 0.3) is 5.69 Å². The van der Waals surface area contributed by atoms with Gasteiger partial charge in [0.15, 0.2) is 0 Å². The highest BCUT2D eigenvalue weighted by molar-refractivity contribution is 5.96. The quantitative estimate of drug-likeness (QED) is 0.650. The number of aromatic nitrogens is 2. The predicted molar refractivity (Wildman–Crippen MR) is 116 cm³/mol. The third-order valence-electron chi connectivity index (χ3n) is 5.73. The fraction of sp³-hybridized carbons (Fsp3) is 0.292. The zero-order valence-corrected chi connectivity index (χ0v) is 17.7. The number of hydrogen-bond acceptors (Lipinski definition) is 3. The van der Waals surface area contributed by atoms with E-state index in [0.717, 1.165) is 11.4 Å². The van der Waals surface area contributed by atoms with E-state index in [1.165, 1.54) is 12.1 Å². The molecular formula is C24H25FN4O2. The Balaban J connectivity index is 1.52. The Hall–Kier alpha value is -3.48. The van der Waals surface area contributed by atoms with Crippen LogP contribution in [0.15, 0.2) is 54.9 Å². The molecule has 1 aliphatic heterocycles. The summed E-state index contributed by atoms with van der Waals surface area (Å²) in [5, 5.41) is 0. The smallest absolute Gasteiger partial charge is 0.255 e. The Labute approximate surface area is 180 Å². The molecule has 0 N–H and O–H groups in total. The van der Waals surface area contributed by atoms with Gasteiger partial charge in [0.25, 0.3) is 11.8 Å². The van der Waals surface area contributed by atoms with Crippen molar-refractivity contribution in [2.45, 2.75) is 20.3 Å². The number of amides is 2. The summed E-state index contributed by atoms with van der Waals surface area (Å²) >= 11 is 0. The highest BCUT2D eigenvalue weighted by Crippen LogP contribution is 2.23. The van der Waals surface area contributed by atoms with Crippen molar-refractivity contribution in [1.29, 1.82) is 0 Å².